The largest absolute Gasteiger partial charge is 0.550 e. The zero-order valence-corrected chi connectivity index (χ0v) is 10.1. The van der Waals surface area contributed by atoms with Gasteiger partial charge in [-0.15, -0.1) is 0 Å². The first-order valence-electron chi connectivity index (χ1n) is 5.33. The summed E-state index contributed by atoms with van der Waals surface area (Å²) in [6.45, 7) is 0.302. The molecule has 0 aromatic heterocycles. The van der Waals surface area contributed by atoms with Gasteiger partial charge in [0.1, 0.15) is 0 Å². The fourth-order valence-electron chi connectivity index (χ4n) is 1.60. The molecule has 17 heavy (non-hydrogen) atoms. The number of carbonyl (C=O) groups is 1. The second-order valence-electron chi connectivity index (χ2n) is 3.70. The molecule has 0 fully saturated rings. The van der Waals surface area contributed by atoms with Crippen LogP contribution in [0.2, 0.25) is 0 Å². The molecule has 0 aliphatic heterocycles. The van der Waals surface area contributed by atoms with E-state index < -0.39 is 11.9 Å². The SMILES string of the molecule is COc1ccc(C[C@@H](C[NH3+])C(=O)[O-])cc1OC. The molecule has 0 saturated heterocycles. The highest BCUT2D eigenvalue weighted by Crippen LogP contribution is 2.28. The first-order valence-corrected chi connectivity index (χ1v) is 5.33. The van der Waals surface area contributed by atoms with Crippen LogP contribution in [0.4, 0.5) is 0 Å². The number of rotatable bonds is 6. The Kier molecular flexibility index (Phi) is 4.78. The third-order valence-electron chi connectivity index (χ3n) is 2.61. The zero-order chi connectivity index (χ0) is 12.8. The van der Waals surface area contributed by atoms with Gasteiger partial charge in [-0.25, -0.2) is 0 Å². The molecule has 0 aliphatic rings. The molecule has 0 spiro atoms. The molecule has 0 amide bonds. The summed E-state index contributed by atoms with van der Waals surface area (Å²) >= 11 is 0. The number of hydrogen-bond donors (Lipinski definition) is 1. The van der Waals surface area contributed by atoms with E-state index in [9.17, 15) is 9.90 Å². The number of benzene rings is 1. The number of quaternary nitrogens is 1. The lowest BCUT2D eigenvalue weighted by atomic mass is 9.99. The van der Waals surface area contributed by atoms with Crippen LogP contribution in [0, 0.1) is 5.92 Å². The van der Waals surface area contributed by atoms with E-state index >= 15 is 0 Å². The van der Waals surface area contributed by atoms with Gasteiger partial charge >= 0.3 is 0 Å². The molecule has 0 radical (unpaired) electrons. The Hall–Kier alpha value is -1.75. The van der Waals surface area contributed by atoms with Crippen molar-refractivity contribution < 1.29 is 25.1 Å². The summed E-state index contributed by atoms with van der Waals surface area (Å²) in [6.07, 6.45) is 0.381. The maximum Gasteiger partial charge on any atom is 0.160 e. The second kappa shape index (κ2) is 6.10. The highest BCUT2D eigenvalue weighted by molar-refractivity contribution is 5.68. The quantitative estimate of drug-likeness (QED) is 0.679. The molecule has 0 bridgehead atoms. The Balaban J connectivity index is 2.88. The van der Waals surface area contributed by atoms with Gasteiger partial charge in [0.15, 0.2) is 11.5 Å². The van der Waals surface area contributed by atoms with Crippen LogP contribution in [-0.4, -0.2) is 26.7 Å². The summed E-state index contributed by atoms with van der Waals surface area (Å²) in [5.74, 6) is -0.440. The number of methoxy groups -OCH3 is 2. The molecule has 5 heteroatoms. The molecular formula is C12H17NO4. The van der Waals surface area contributed by atoms with Crippen molar-refractivity contribution in [3.8, 4) is 11.5 Å². The maximum atomic E-state index is 10.8. The Morgan fingerprint density at radius 3 is 2.47 bits per heavy atom. The fraction of sp³-hybridized carbons (Fsp3) is 0.417. The van der Waals surface area contributed by atoms with Crippen LogP contribution in [0.25, 0.3) is 0 Å². The summed E-state index contributed by atoms with van der Waals surface area (Å²) < 4.78 is 10.3. The lowest BCUT2D eigenvalue weighted by Gasteiger charge is -2.15. The van der Waals surface area contributed by atoms with Crippen LogP contribution in [0.1, 0.15) is 5.56 Å². The van der Waals surface area contributed by atoms with Crippen molar-refractivity contribution in [2.75, 3.05) is 20.8 Å². The van der Waals surface area contributed by atoms with Crippen LogP contribution < -0.4 is 20.3 Å². The number of ether oxygens (including phenoxy) is 2. The molecule has 94 valence electrons. The summed E-state index contributed by atoms with van der Waals surface area (Å²) in [5.41, 5.74) is 4.46. The Morgan fingerprint density at radius 1 is 1.35 bits per heavy atom. The van der Waals surface area contributed by atoms with Crippen molar-refractivity contribution >= 4 is 5.97 Å². The molecule has 1 aromatic carbocycles. The molecule has 0 saturated carbocycles. The summed E-state index contributed by atoms with van der Waals surface area (Å²) in [4.78, 5) is 10.8. The van der Waals surface area contributed by atoms with Gasteiger partial charge in [0.25, 0.3) is 0 Å². The number of carboxylic acid groups (broad SMARTS) is 1. The number of carbonyl (C=O) groups excluding carboxylic acids is 1. The molecule has 1 rings (SSSR count). The topological polar surface area (TPSA) is 86.2 Å². The van der Waals surface area contributed by atoms with E-state index in [2.05, 4.69) is 5.73 Å². The first-order chi connectivity index (χ1) is 8.12. The highest BCUT2D eigenvalue weighted by atomic mass is 16.5. The van der Waals surface area contributed by atoms with E-state index in [1.54, 1.807) is 26.4 Å². The van der Waals surface area contributed by atoms with Crippen LogP contribution in [0.5, 0.6) is 11.5 Å². The average molecular weight is 239 g/mol. The second-order valence-corrected chi connectivity index (χ2v) is 3.70. The van der Waals surface area contributed by atoms with Crippen molar-refractivity contribution in [3.63, 3.8) is 0 Å². The molecule has 1 atom stereocenters. The smallest absolute Gasteiger partial charge is 0.160 e. The van der Waals surface area contributed by atoms with Gasteiger partial charge in [-0.05, 0) is 24.1 Å². The van der Waals surface area contributed by atoms with E-state index in [4.69, 9.17) is 9.47 Å². The van der Waals surface area contributed by atoms with Gasteiger partial charge in [-0.3, -0.25) is 0 Å². The number of hydrogen-bond acceptors (Lipinski definition) is 4. The van der Waals surface area contributed by atoms with Crippen LogP contribution in [0.15, 0.2) is 18.2 Å². The van der Waals surface area contributed by atoms with E-state index in [0.29, 0.717) is 24.5 Å². The summed E-state index contributed by atoms with van der Waals surface area (Å²) in [5, 5.41) is 10.8. The van der Waals surface area contributed by atoms with Crippen molar-refractivity contribution in [2.24, 2.45) is 5.92 Å². The van der Waals surface area contributed by atoms with E-state index in [1.807, 2.05) is 6.07 Å². The van der Waals surface area contributed by atoms with Crippen LogP contribution in [0.3, 0.4) is 0 Å². The van der Waals surface area contributed by atoms with Crippen molar-refractivity contribution in [3.05, 3.63) is 23.8 Å². The van der Waals surface area contributed by atoms with E-state index in [1.165, 1.54) is 0 Å². The third kappa shape index (κ3) is 3.35. The summed E-state index contributed by atoms with van der Waals surface area (Å²) in [6, 6.07) is 5.33. The van der Waals surface area contributed by atoms with Crippen molar-refractivity contribution in [1.29, 1.82) is 0 Å². The van der Waals surface area contributed by atoms with Crippen LogP contribution in [-0.2, 0) is 11.2 Å². The van der Waals surface area contributed by atoms with E-state index in [0.717, 1.165) is 5.56 Å². The standard InChI is InChI=1S/C12H17NO4/c1-16-10-4-3-8(6-11(10)17-2)5-9(7-13)12(14)15/h3-4,6,9H,5,7,13H2,1-2H3,(H,14,15)/t9-/m0/s1. The molecule has 0 unspecified atom stereocenters. The predicted molar refractivity (Wildman–Crippen MR) is 59.5 cm³/mol. The first kappa shape index (κ1) is 13.3. The lowest BCUT2D eigenvalue weighted by Crippen LogP contribution is -2.57. The van der Waals surface area contributed by atoms with E-state index in [-0.39, 0.29) is 0 Å². The third-order valence-corrected chi connectivity index (χ3v) is 2.61. The van der Waals surface area contributed by atoms with Crippen molar-refractivity contribution in [2.45, 2.75) is 6.42 Å². The molecule has 0 heterocycles. The van der Waals surface area contributed by atoms with Gasteiger partial charge < -0.3 is 25.1 Å². The van der Waals surface area contributed by atoms with Crippen LogP contribution >= 0.6 is 0 Å². The average Bonchev–Trinajstić information content (AvgIpc) is 2.35. The molecular weight excluding hydrogens is 222 g/mol. The minimum absolute atomic E-state index is 0.302. The van der Waals surface area contributed by atoms with Gasteiger partial charge in [0.05, 0.1) is 32.7 Å². The maximum absolute atomic E-state index is 10.8. The molecule has 1 aromatic rings. The summed E-state index contributed by atoms with van der Waals surface area (Å²) in [7, 11) is 3.09. The van der Waals surface area contributed by atoms with Crippen molar-refractivity contribution in [1.82, 2.24) is 0 Å². The minimum Gasteiger partial charge on any atom is -0.550 e. The van der Waals surface area contributed by atoms with Gasteiger partial charge in [0, 0.05) is 0 Å². The molecule has 0 aliphatic carbocycles. The Labute approximate surface area is 100 Å². The number of carboxylic acids is 1. The van der Waals surface area contributed by atoms with Gasteiger partial charge in [-0.1, -0.05) is 6.07 Å². The number of aliphatic carboxylic acids is 1. The highest BCUT2D eigenvalue weighted by Gasteiger charge is 2.12. The van der Waals surface area contributed by atoms with Gasteiger partial charge in [-0.2, -0.15) is 0 Å². The Morgan fingerprint density at radius 2 is 2.00 bits per heavy atom. The monoisotopic (exact) mass is 239 g/mol. The predicted octanol–water partition coefficient (Wildman–Crippen LogP) is -1.15. The fourth-order valence-corrected chi connectivity index (χ4v) is 1.60. The van der Waals surface area contributed by atoms with Gasteiger partial charge in [0.2, 0.25) is 0 Å². The molecule has 3 N–H and O–H groups in total. The lowest BCUT2D eigenvalue weighted by molar-refractivity contribution is -0.387. The molecule has 5 nitrogen and oxygen atoms in total. The Bertz CT molecular complexity index is 392. The minimum atomic E-state index is -1.07. The zero-order valence-electron chi connectivity index (χ0n) is 10.1. The normalized spacial score (nSPS) is 11.9.